The summed E-state index contributed by atoms with van der Waals surface area (Å²) in [5.41, 5.74) is 0.450. The first-order valence-electron chi connectivity index (χ1n) is 8.84. The third kappa shape index (κ3) is 3.89. The smallest absolute Gasteiger partial charge is 0.410 e. The van der Waals surface area contributed by atoms with Crippen LogP contribution in [0.5, 0.6) is 0 Å². The van der Waals surface area contributed by atoms with Crippen molar-refractivity contribution >= 4 is 23.5 Å². The molecule has 138 valence electrons. The number of urea groups is 1. The predicted octanol–water partition coefficient (Wildman–Crippen LogP) is 2.53. The Morgan fingerprint density at radius 3 is 2.92 bits per heavy atom. The van der Waals surface area contributed by atoms with Gasteiger partial charge in [-0.25, -0.2) is 14.6 Å². The van der Waals surface area contributed by atoms with E-state index in [0.717, 1.165) is 41.3 Å². The van der Waals surface area contributed by atoms with E-state index in [4.69, 9.17) is 4.74 Å². The molecule has 1 atom stereocenters. The van der Waals surface area contributed by atoms with Crippen LogP contribution in [0.2, 0.25) is 0 Å². The van der Waals surface area contributed by atoms with Crippen molar-refractivity contribution in [3.63, 3.8) is 0 Å². The van der Waals surface area contributed by atoms with Gasteiger partial charge in [0.05, 0.1) is 30.3 Å². The quantitative estimate of drug-likeness (QED) is 0.888. The van der Waals surface area contributed by atoms with Gasteiger partial charge in [0.1, 0.15) is 5.60 Å². The lowest BCUT2D eigenvalue weighted by Crippen LogP contribution is -2.54. The second kappa shape index (κ2) is 7.19. The average Bonchev–Trinajstić information content (AvgIpc) is 3.05. The number of likely N-dealkylation sites (tertiary alicyclic amines) is 1. The molecule has 2 aliphatic heterocycles. The Morgan fingerprint density at radius 1 is 1.44 bits per heavy atom. The van der Waals surface area contributed by atoms with E-state index in [1.807, 2.05) is 6.92 Å². The zero-order valence-corrected chi connectivity index (χ0v) is 15.9. The Morgan fingerprint density at radius 2 is 2.24 bits per heavy atom. The van der Waals surface area contributed by atoms with Crippen molar-refractivity contribution in [2.75, 3.05) is 26.7 Å². The van der Waals surface area contributed by atoms with E-state index in [0.29, 0.717) is 26.2 Å². The first-order chi connectivity index (χ1) is 11.9. The highest BCUT2D eigenvalue weighted by atomic mass is 32.1. The summed E-state index contributed by atoms with van der Waals surface area (Å²) in [6.07, 6.45) is 3.40. The second-order valence-electron chi connectivity index (χ2n) is 6.96. The van der Waals surface area contributed by atoms with Crippen molar-refractivity contribution in [1.82, 2.24) is 20.1 Å². The van der Waals surface area contributed by atoms with Crippen LogP contribution in [0.4, 0.5) is 9.59 Å². The van der Waals surface area contributed by atoms with Crippen molar-refractivity contribution in [3.8, 4) is 0 Å². The van der Waals surface area contributed by atoms with Crippen molar-refractivity contribution in [2.45, 2.75) is 51.7 Å². The van der Waals surface area contributed by atoms with Crippen molar-refractivity contribution in [1.29, 1.82) is 0 Å². The number of carbonyl (C=O) groups is 2. The molecule has 2 aliphatic rings. The van der Waals surface area contributed by atoms with Gasteiger partial charge in [-0.2, -0.15) is 0 Å². The first-order valence-corrected chi connectivity index (χ1v) is 9.66. The number of aryl methyl sites for hydroxylation is 2. The number of nitrogens with one attached hydrogen (secondary N) is 1. The van der Waals surface area contributed by atoms with E-state index in [-0.39, 0.29) is 12.1 Å². The fraction of sp³-hybridized carbons (Fsp3) is 0.706. The summed E-state index contributed by atoms with van der Waals surface area (Å²) in [5.74, 6) is 0. The van der Waals surface area contributed by atoms with Crippen LogP contribution in [0.25, 0.3) is 0 Å². The molecule has 0 radical (unpaired) electrons. The summed E-state index contributed by atoms with van der Waals surface area (Å²) in [7, 11) is 1.73. The topological polar surface area (TPSA) is 74.8 Å². The van der Waals surface area contributed by atoms with Crippen LogP contribution in [-0.4, -0.2) is 59.2 Å². The first kappa shape index (κ1) is 18.0. The zero-order valence-electron chi connectivity index (χ0n) is 15.1. The molecule has 7 nitrogen and oxygen atoms in total. The number of thiazole rings is 1. The number of piperidine rings is 1. The highest BCUT2D eigenvalue weighted by molar-refractivity contribution is 7.11. The standard InChI is InChI=1S/C17H26N4O3S/c1-4-6-14-19-12(2)13(25-14)9-18-15(22)21-8-5-7-17(11-21)10-20(3)16(23)24-17/h4-11H2,1-3H3,(H,18,22)/t17-/m1/s1. The fourth-order valence-corrected chi connectivity index (χ4v) is 4.63. The van der Waals surface area contributed by atoms with Gasteiger partial charge in [-0.3, -0.25) is 0 Å². The fourth-order valence-electron chi connectivity index (χ4n) is 3.52. The summed E-state index contributed by atoms with van der Waals surface area (Å²) in [5, 5.41) is 4.12. The molecule has 0 unspecified atom stereocenters. The molecule has 0 saturated carbocycles. The van der Waals surface area contributed by atoms with Crippen LogP contribution in [0.15, 0.2) is 0 Å². The van der Waals surface area contributed by atoms with E-state index < -0.39 is 5.60 Å². The molecule has 8 heteroatoms. The molecule has 2 fully saturated rings. The summed E-state index contributed by atoms with van der Waals surface area (Å²) in [4.78, 5) is 33.3. The maximum absolute atomic E-state index is 12.6. The molecule has 0 aromatic carbocycles. The highest BCUT2D eigenvalue weighted by Gasteiger charge is 2.47. The van der Waals surface area contributed by atoms with Crippen molar-refractivity contribution in [3.05, 3.63) is 15.6 Å². The molecule has 3 rings (SSSR count). The molecule has 1 N–H and O–H groups in total. The zero-order chi connectivity index (χ0) is 18.0. The van der Waals surface area contributed by atoms with E-state index in [1.165, 1.54) is 0 Å². The summed E-state index contributed by atoms with van der Waals surface area (Å²) >= 11 is 1.67. The van der Waals surface area contributed by atoms with Gasteiger partial charge in [0.15, 0.2) is 0 Å². The van der Waals surface area contributed by atoms with E-state index in [1.54, 1.807) is 28.2 Å². The Balaban J connectivity index is 1.57. The average molecular weight is 366 g/mol. The van der Waals surface area contributed by atoms with Crippen LogP contribution in [0, 0.1) is 6.92 Å². The Hall–Kier alpha value is -1.83. The number of hydrogen-bond donors (Lipinski definition) is 1. The molecule has 0 bridgehead atoms. The summed E-state index contributed by atoms with van der Waals surface area (Å²) in [6, 6.07) is -0.102. The van der Waals surface area contributed by atoms with Crippen LogP contribution in [0.3, 0.4) is 0 Å². The van der Waals surface area contributed by atoms with Crippen LogP contribution in [-0.2, 0) is 17.7 Å². The molecule has 3 heterocycles. The number of rotatable bonds is 4. The molecule has 0 aliphatic carbocycles. The normalized spacial score (nSPS) is 23.2. The van der Waals surface area contributed by atoms with Crippen LogP contribution in [0.1, 0.15) is 41.8 Å². The lowest BCUT2D eigenvalue weighted by atomic mass is 9.93. The monoisotopic (exact) mass is 366 g/mol. The predicted molar refractivity (Wildman–Crippen MR) is 95.7 cm³/mol. The van der Waals surface area contributed by atoms with Crippen molar-refractivity contribution < 1.29 is 14.3 Å². The second-order valence-corrected chi connectivity index (χ2v) is 8.13. The molecular formula is C17H26N4O3S. The molecule has 25 heavy (non-hydrogen) atoms. The van der Waals surface area contributed by atoms with Gasteiger partial charge in [0.25, 0.3) is 0 Å². The van der Waals surface area contributed by atoms with Gasteiger partial charge in [-0.15, -0.1) is 11.3 Å². The maximum Gasteiger partial charge on any atom is 0.410 e. The minimum atomic E-state index is -0.546. The largest absolute Gasteiger partial charge is 0.439 e. The van der Waals surface area contributed by atoms with E-state index >= 15 is 0 Å². The minimum Gasteiger partial charge on any atom is -0.439 e. The Bertz CT molecular complexity index is 662. The lowest BCUT2D eigenvalue weighted by Gasteiger charge is -2.38. The molecule has 2 saturated heterocycles. The third-order valence-electron chi connectivity index (χ3n) is 4.77. The van der Waals surface area contributed by atoms with Gasteiger partial charge in [-0.1, -0.05) is 6.92 Å². The third-order valence-corrected chi connectivity index (χ3v) is 5.99. The highest BCUT2D eigenvalue weighted by Crippen LogP contribution is 2.31. The summed E-state index contributed by atoms with van der Waals surface area (Å²) in [6.45, 7) is 6.31. The Kier molecular flexibility index (Phi) is 5.17. The van der Waals surface area contributed by atoms with Crippen LogP contribution < -0.4 is 5.32 Å². The number of hydrogen-bond acceptors (Lipinski definition) is 5. The molecule has 1 aromatic heterocycles. The van der Waals surface area contributed by atoms with Crippen molar-refractivity contribution in [2.24, 2.45) is 0 Å². The molecule has 3 amide bonds. The number of ether oxygens (including phenoxy) is 1. The van der Waals surface area contributed by atoms with Gasteiger partial charge in [0, 0.05) is 18.5 Å². The summed E-state index contributed by atoms with van der Waals surface area (Å²) < 4.78 is 5.55. The molecule has 1 spiro atoms. The number of amides is 3. The number of aromatic nitrogens is 1. The van der Waals surface area contributed by atoms with Gasteiger partial charge >= 0.3 is 12.1 Å². The van der Waals surface area contributed by atoms with Crippen LogP contribution >= 0.6 is 11.3 Å². The molecule has 1 aromatic rings. The van der Waals surface area contributed by atoms with Gasteiger partial charge in [0.2, 0.25) is 0 Å². The van der Waals surface area contributed by atoms with Gasteiger partial charge < -0.3 is 19.9 Å². The number of nitrogens with zero attached hydrogens (tertiary/aromatic N) is 3. The van der Waals surface area contributed by atoms with E-state index in [2.05, 4.69) is 17.2 Å². The van der Waals surface area contributed by atoms with Gasteiger partial charge in [-0.05, 0) is 32.6 Å². The lowest BCUT2D eigenvalue weighted by molar-refractivity contribution is 0.00318. The minimum absolute atomic E-state index is 0.102. The number of carbonyl (C=O) groups excluding carboxylic acids is 2. The number of likely N-dealkylation sites (N-methyl/N-ethyl adjacent to an activating group) is 1. The maximum atomic E-state index is 12.6. The van der Waals surface area contributed by atoms with E-state index in [9.17, 15) is 9.59 Å². The Labute approximate surface area is 152 Å². The SMILES string of the molecule is CCCc1nc(C)c(CNC(=O)N2CCC[C@@]3(CN(C)C(=O)O3)C2)s1. The molecular weight excluding hydrogens is 340 g/mol.